The molecule has 0 bridgehead atoms. The highest BCUT2D eigenvalue weighted by Gasteiger charge is 2.59. The summed E-state index contributed by atoms with van der Waals surface area (Å²) in [6.45, 7) is 6.52. The summed E-state index contributed by atoms with van der Waals surface area (Å²) < 4.78 is 27.8. The van der Waals surface area contributed by atoms with Gasteiger partial charge in [-0.2, -0.15) is 8.42 Å². The molecule has 0 aromatic carbocycles. The fraction of sp³-hybridized carbons (Fsp3) is 0.857. The maximum Gasteiger partial charge on any atom is 0.333 e. The number of fused-ring (bicyclic) bond motifs is 5. The van der Waals surface area contributed by atoms with E-state index in [2.05, 4.69) is 19.9 Å². The molecule has 7 atom stereocenters. The Morgan fingerprint density at radius 2 is 1.89 bits per heavy atom. The van der Waals surface area contributed by atoms with Crippen molar-refractivity contribution < 1.29 is 17.4 Å². The van der Waals surface area contributed by atoms with Crippen LogP contribution in [0.1, 0.15) is 72.1 Å². The molecule has 2 N–H and O–H groups in total. The maximum absolute atomic E-state index is 12.2. The van der Waals surface area contributed by atoms with Gasteiger partial charge in [0.1, 0.15) is 5.78 Å². The highest BCUT2D eigenvalue weighted by atomic mass is 32.2. The van der Waals surface area contributed by atoms with E-state index in [1.165, 1.54) is 18.4 Å². The van der Waals surface area contributed by atoms with Gasteiger partial charge in [0.25, 0.3) is 0 Å². The van der Waals surface area contributed by atoms with Gasteiger partial charge < -0.3 is 0 Å². The predicted molar refractivity (Wildman–Crippen MR) is 104 cm³/mol. The van der Waals surface area contributed by atoms with Crippen molar-refractivity contribution in [3.05, 3.63) is 11.6 Å². The molecule has 0 aromatic rings. The SMILES string of the molecule is CC(=O)[C@H]1CC[C@H]2[C@@H]3CC=C4CC(OS(N)(=O)=O)CC[C@]4(C)[C@H]3CC[C@]12C. The normalized spacial score (nSPS) is 46.8. The first-order valence-electron chi connectivity index (χ1n) is 10.5. The number of hydrogen-bond donors (Lipinski definition) is 1. The van der Waals surface area contributed by atoms with Crippen molar-refractivity contribution in [2.75, 3.05) is 0 Å². The Kier molecular flexibility index (Phi) is 4.64. The molecule has 0 radical (unpaired) electrons. The van der Waals surface area contributed by atoms with E-state index < -0.39 is 10.3 Å². The summed E-state index contributed by atoms with van der Waals surface area (Å²) in [6, 6.07) is 0. The third-order valence-electron chi connectivity index (χ3n) is 8.82. The molecular formula is C21H33NO4S. The molecular weight excluding hydrogens is 362 g/mol. The number of hydrogen-bond acceptors (Lipinski definition) is 4. The Hall–Kier alpha value is -0.720. The van der Waals surface area contributed by atoms with Gasteiger partial charge in [-0.3, -0.25) is 8.98 Å². The molecule has 0 heterocycles. The zero-order chi connectivity index (χ0) is 19.6. The lowest BCUT2D eigenvalue weighted by Gasteiger charge is -2.58. The van der Waals surface area contributed by atoms with Gasteiger partial charge in [0.2, 0.25) is 0 Å². The van der Waals surface area contributed by atoms with Gasteiger partial charge in [0.15, 0.2) is 0 Å². The fourth-order valence-corrected chi connectivity index (χ4v) is 8.11. The summed E-state index contributed by atoms with van der Waals surface area (Å²) in [4.78, 5) is 12.2. The van der Waals surface area contributed by atoms with Crippen LogP contribution in [0.3, 0.4) is 0 Å². The van der Waals surface area contributed by atoms with E-state index in [-0.39, 0.29) is 22.9 Å². The van der Waals surface area contributed by atoms with Crippen LogP contribution in [-0.2, 0) is 19.3 Å². The van der Waals surface area contributed by atoms with Crippen LogP contribution < -0.4 is 5.14 Å². The summed E-state index contributed by atoms with van der Waals surface area (Å²) in [7, 11) is -3.90. The first kappa shape index (κ1) is 19.6. The monoisotopic (exact) mass is 395 g/mol. The first-order chi connectivity index (χ1) is 12.5. The quantitative estimate of drug-likeness (QED) is 0.738. The second-order valence-corrected chi connectivity index (χ2v) is 11.2. The minimum absolute atomic E-state index is 0.136. The number of ketones is 1. The fourth-order valence-electron chi connectivity index (χ4n) is 7.57. The third kappa shape index (κ3) is 3.12. The van der Waals surface area contributed by atoms with Crippen molar-refractivity contribution in [3.63, 3.8) is 0 Å². The molecule has 0 aromatic heterocycles. The van der Waals surface area contributed by atoms with Gasteiger partial charge in [-0.25, -0.2) is 5.14 Å². The molecule has 3 fully saturated rings. The standard InChI is InChI=1S/C21H33NO4S/c1-13(23)17-6-7-18-16-5-4-14-12-15(26-27(22,24)25)8-10-20(14,2)19(16)9-11-21(17,18)3/h4,15-19H,5-12H2,1-3H3,(H2,22,24,25)/t15?,16-,17+,18-,19-,20-,21+/m0/s1. The van der Waals surface area contributed by atoms with Crippen molar-refractivity contribution in [3.8, 4) is 0 Å². The lowest BCUT2D eigenvalue weighted by Crippen LogP contribution is -2.51. The predicted octanol–water partition coefficient (Wildman–Crippen LogP) is 3.74. The summed E-state index contributed by atoms with van der Waals surface area (Å²) >= 11 is 0. The van der Waals surface area contributed by atoms with E-state index >= 15 is 0 Å². The zero-order valence-corrected chi connectivity index (χ0v) is 17.6. The van der Waals surface area contributed by atoms with Crippen LogP contribution in [0.25, 0.3) is 0 Å². The van der Waals surface area contributed by atoms with Crippen molar-refractivity contribution >= 4 is 16.1 Å². The van der Waals surface area contributed by atoms with Crippen molar-refractivity contribution in [2.45, 2.75) is 78.2 Å². The Morgan fingerprint density at radius 3 is 2.56 bits per heavy atom. The lowest BCUT2D eigenvalue weighted by molar-refractivity contribution is -0.127. The van der Waals surface area contributed by atoms with E-state index in [0.29, 0.717) is 30.0 Å². The molecule has 0 saturated heterocycles. The molecule has 0 spiro atoms. The molecule has 1 unspecified atom stereocenters. The Bertz CT molecular complexity index is 775. The van der Waals surface area contributed by atoms with Crippen LogP contribution in [0.4, 0.5) is 0 Å². The van der Waals surface area contributed by atoms with Gasteiger partial charge in [-0.15, -0.1) is 0 Å². The molecule has 4 rings (SSSR count). The van der Waals surface area contributed by atoms with Crippen LogP contribution in [0.15, 0.2) is 11.6 Å². The smallest absolute Gasteiger partial charge is 0.300 e. The van der Waals surface area contributed by atoms with Gasteiger partial charge in [-0.1, -0.05) is 25.5 Å². The molecule has 0 aliphatic heterocycles. The van der Waals surface area contributed by atoms with Crippen molar-refractivity contribution in [1.29, 1.82) is 0 Å². The summed E-state index contributed by atoms with van der Waals surface area (Å²) in [6.07, 6.45) is 10.0. The first-order valence-corrected chi connectivity index (χ1v) is 11.9. The number of allylic oxidation sites excluding steroid dienone is 1. The van der Waals surface area contributed by atoms with Gasteiger partial charge in [-0.05, 0) is 86.9 Å². The van der Waals surface area contributed by atoms with E-state index in [9.17, 15) is 13.2 Å². The second-order valence-electron chi connectivity index (χ2n) is 10.00. The number of carbonyl (C=O) groups excluding carboxylic acids is 1. The summed E-state index contributed by atoms with van der Waals surface area (Å²) in [5.41, 5.74) is 1.67. The van der Waals surface area contributed by atoms with Gasteiger partial charge in [0, 0.05) is 5.92 Å². The Labute approximate surface area is 163 Å². The highest BCUT2D eigenvalue weighted by molar-refractivity contribution is 7.84. The summed E-state index contributed by atoms with van der Waals surface area (Å²) in [5.74, 6) is 2.53. The average molecular weight is 396 g/mol. The van der Waals surface area contributed by atoms with Crippen LogP contribution >= 0.6 is 0 Å². The molecule has 152 valence electrons. The van der Waals surface area contributed by atoms with Crippen molar-refractivity contribution in [1.82, 2.24) is 0 Å². The maximum atomic E-state index is 12.2. The van der Waals surface area contributed by atoms with E-state index in [1.54, 1.807) is 6.92 Å². The number of nitrogens with two attached hydrogens (primary N) is 1. The van der Waals surface area contributed by atoms with E-state index in [0.717, 1.165) is 32.1 Å². The number of Topliss-reactive ketones (excluding diaryl/α,β-unsaturated/α-hetero) is 1. The molecule has 27 heavy (non-hydrogen) atoms. The Morgan fingerprint density at radius 1 is 1.15 bits per heavy atom. The topological polar surface area (TPSA) is 86.5 Å². The number of carbonyl (C=O) groups is 1. The van der Waals surface area contributed by atoms with Crippen LogP contribution in [0.5, 0.6) is 0 Å². The van der Waals surface area contributed by atoms with Crippen LogP contribution in [0, 0.1) is 34.5 Å². The molecule has 5 nitrogen and oxygen atoms in total. The van der Waals surface area contributed by atoms with Crippen LogP contribution in [-0.4, -0.2) is 20.3 Å². The molecule has 6 heteroatoms. The summed E-state index contributed by atoms with van der Waals surface area (Å²) in [5, 5.41) is 5.09. The molecule has 4 aliphatic carbocycles. The zero-order valence-electron chi connectivity index (χ0n) is 16.7. The number of rotatable bonds is 3. The highest BCUT2D eigenvalue weighted by Crippen LogP contribution is 2.66. The van der Waals surface area contributed by atoms with Gasteiger partial charge in [0.05, 0.1) is 6.10 Å². The van der Waals surface area contributed by atoms with Crippen LogP contribution in [0.2, 0.25) is 0 Å². The minimum Gasteiger partial charge on any atom is -0.300 e. The van der Waals surface area contributed by atoms with E-state index in [4.69, 9.17) is 9.32 Å². The Balaban J connectivity index is 1.58. The molecule has 0 amide bonds. The minimum atomic E-state index is -3.90. The second kappa shape index (κ2) is 6.39. The third-order valence-corrected chi connectivity index (χ3v) is 9.36. The van der Waals surface area contributed by atoms with Gasteiger partial charge >= 0.3 is 10.3 Å². The molecule has 4 aliphatic rings. The molecule has 3 saturated carbocycles. The van der Waals surface area contributed by atoms with Crippen molar-refractivity contribution in [2.24, 2.45) is 39.6 Å². The lowest BCUT2D eigenvalue weighted by atomic mass is 9.47. The largest absolute Gasteiger partial charge is 0.333 e. The average Bonchev–Trinajstić information content (AvgIpc) is 2.91. The van der Waals surface area contributed by atoms with E-state index in [1.807, 2.05) is 0 Å².